The topological polar surface area (TPSA) is 26.3 Å². The molecule has 3 heteroatoms. The Morgan fingerprint density at radius 2 is 1.83 bits per heavy atom. The molecule has 0 amide bonds. The van der Waals surface area contributed by atoms with Crippen molar-refractivity contribution in [2.24, 2.45) is 11.3 Å². The summed E-state index contributed by atoms with van der Waals surface area (Å²) in [5.41, 5.74) is 0.505. The van der Waals surface area contributed by atoms with E-state index in [1.54, 1.807) is 0 Å². The number of halogens is 1. The summed E-state index contributed by atoms with van der Waals surface area (Å²) in [4.78, 5) is 12.2. The van der Waals surface area contributed by atoms with E-state index in [9.17, 15) is 4.79 Å². The molecule has 1 rings (SSSR count). The maximum Gasteiger partial charge on any atom is 0.313 e. The van der Waals surface area contributed by atoms with Gasteiger partial charge in [-0.2, -0.15) is 0 Å². The molecule has 1 atom stereocenters. The number of hydrogen-bond donors (Lipinski definition) is 0. The third-order valence-corrected chi connectivity index (χ3v) is 3.04. The highest BCUT2D eigenvalue weighted by Gasteiger charge is 2.34. The van der Waals surface area contributed by atoms with Gasteiger partial charge in [-0.05, 0) is 44.3 Å². The van der Waals surface area contributed by atoms with E-state index in [1.807, 2.05) is 32.9 Å². The fraction of sp³-hybridized carbons (Fsp3) is 0.667. The van der Waals surface area contributed by atoms with E-state index < -0.39 is 5.60 Å². The number of allylic oxidation sites excluding steroid dienone is 3. The Hall–Kier alpha value is -0.760. The first kappa shape index (κ1) is 15.3. The molecule has 1 aliphatic rings. The lowest BCUT2D eigenvalue weighted by Gasteiger charge is -2.33. The average molecular weight is 271 g/mol. The standard InChI is InChI=1S/C15H23ClO2/c1-14(2,3)12-9-10(16)7-8-11(12)13(17)18-15(4,5)6/h7,9,11H,8H2,1-6H3. The minimum Gasteiger partial charge on any atom is -0.459 e. The first-order valence-corrected chi connectivity index (χ1v) is 6.69. The van der Waals surface area contributed by atoms with Crippen molar-refractivity contribution in [1.29, 1.82) is 0 Å². The summed E-state index contributed by atoms with van der Waals surface area (Å²) in [5.74, 6) is -0.379. The van der Waals surface area contributed by atoms with E-state index in [4.69, 9.17) is 16.3 Å². The van der Waals surface area contributed by atoms with E-state index >= 15 is 0 Å². The second kappa shape index (κ2) is 5.08. The molecule has 1 unspecified atom stereocenters. The van der Waals surface area contributed by atoms with E-state index in [-0.39, 0.29) is 17.3 Å². The van der Waals surface area contributed by atoms with Crippen LogP contribution < -0.4 is 0 Å². The molecule has 0 spiro atoms. The highest BCUT2D eigenvalue weighted by atomic mass is 35.5. The molecule has 0 radical (unpaired) electrons. The molecule has 0 heterocycles. The van der Waals surface area contributed by atoms with Crippen molar-refractivity contribution in [3.63, 3.8) is 0 Å². The van der Waals surface area contributed by atoms with E-state index in [1.165, 1.54) is 0 Å². The number of carbonyl (C=O) groups excluding carboxylic acids is 1. The normalized spacial score (nSPS) is 21.2. The van der Waals surface area contributed by atoms with Crippen LogP contribution >= 0.6 is 11.6 Å². The van der Waals surface area contributed by atoms with Gasteiger partial charge in [0.1, 0.15) is 5.60 Å². The first-order chi connectivity index (χ1) is 8.00. The van der Waals surface area contributed by atoms with Crippen LogP contribution in [0, 0.1) is 11.3 Å². The van der Waals surface area contributed by atoms with Crippen molar-refractivity contribution in [2.75, 3.05) is 0 Å². The summed E-state index contributed by atoms with van der Waals surface area (Å²) < 4.78 is 5.49. The molecule has 0 aromatic carbocycles. The van der Waals surface area contributed by atoms with Gasteiger partial charge in [-0.3, -0.25) is 4.79 Å². The summed E-state index contributed by atoms with van der Waals surface area (Å²) in [7, 11) is 0. The lowest BCUT2D eigenvalue weighted by Crippen LogP contribution is -2.33. The third-order valence-electron chi connectivity index (χ3n) is 2.77. The molecule has 0 bridgehead atoms. The monoisotopic (exact) mass is 270 g/mol. The Bertz CT molecular complexity index is 392. The van der Waals surface area contributed by atoms with Gasteiger partial charge in [0.2, 0.25) is 0 Å². The van der Waals surface area contributed by atoms with Crippen LogP contribution in [-0.4, -0.2) is 11.6 Å². The van der Waals surface area contributed by atoms with Crippen molar-refractivity contribution >= 4 is 17.6 Å². The second-order valence-electron chi connectivity index (χ2n) is 6.76. The molecule has 0 N–H and O–H groups in total. The van der Waals surface area contributed by atoms with Crippen molar-refractivity contribution in [3.8, 4) is 0 Å². The smallest absolute Gasteiger partial charge is 0.313 e. The summed E-state index contributed by atoms with van der Waals surface area (Å²) in [6.45, 7) is 11.9. The van der Waals surface area contributed by atoms with Crippen LogP contribution in [0.25, 0.3) is 0 Å². The quantitative estimate of drug-likeness (QED) is 0.658. The van der Waals surface area contributed by atoms with Gasteiger partial charge in [0, 0.05) is 5.03 Å². The molecule has 1 aliphatic carbocycles. The first-order valence-electron chi connectivity index (χ1n) is 6.31. The fourth-order valence-electron chi connectivity index (χ4n) is 2.00. The maximum absolute atomic E-state index is 12.2. The highest BCUT2D eigenvalue weighted by Crippen LogP contribution is 2.39. The summed E-state index contributed by atoms with van der Waals surface area (Å²) >= 11 is 6.05. The molecule has 0 fully saturated rings. The average Bonchev–Trinajstić information content (AvgIpc) is 2.13. The van der Waals surface area contributed by atoms with Crippen LogP contribution in [0.5, 0.6) is 0 Å². The number of rotatable bonds is 1. The SMILES string of the molecule is CC(C)(C)OC(=O)C1CC=C(Cl)C=C1C(C)(C)C. The van der Waals surface area contributed by atoms with Crippen molar-refractivity contribution < 1.29 is 9.53 Å². The third kappa shape index (κ3) is 4.16. The predicted molar refractivity (Wildman–Crippen MR) is 75.4 cm³/mol. The molecule has 102 valence electrons. The van der Waals surface area contributed by atoms with Gasteiger partial charge < -0.3 is 4.74 Å². The molecular weight excluding hydrogens is 248 g/mol. The van der Waals surface area contributed by atoms with Crippen LogP contribution in [0.1, 0.15) is 48.0 Å². The predicted octanol–water partition coefficient (Wildman–Crippen LogP) is 4.44. The summed E-state index contributed by atoms with van der Waals surface area (Å²) in [6, 6.07) is 0. The van der Waals surface area contributed by atoms with Gasteiger partial charge in [-0.25, -0.2) is 0 Å². The molecular formula is C15H23ClO2. The Morgan fingerprint density at radius 1 is 1.28 bits per heavy atom. The lowest BCUT2D eigenvalue weighted by molar-refractivity contribution is -0.158. The fourth-order valence-corrected chi connectivity index (χ4v) is 2.21. The maximum atomic E-state index is 12.2. The molecule has 0 aromatic rings. The van der Waals surface area contributed by atoms with Gasteiger partial charge in [-0.1, -0.05) is 38.4 Å². The Balaban J connectivity index is 2.96. The Kier molecular flexibility index (Phi) is 4.32. The van der Waals surface area contributed by atoms with Gasteiger partial charge in [0.05, 0.1) is 5.92 Å². The lowest BCUT2D eigenvalue weighted by atomic mass is 9.75. The van der Waals surface area contributed by atoms with E-state index in [2.05, 4.69) is 20.8 Å². The zero-order valence-corrected chi connectivity index (χ0v) is 12.9. The minimum absolute atomic E-state index is 0.0873. The zero-order valence-electron chi connectivity index (χ0n) is 12.1. The van der Waals surface area contributed by atoms with E-state index in [0.717, 1.165) is 5.57 Å². The number of ether oxygens (including phenoxy) is 1. The van der Waals surface area contributed by atoms with E-state index in [0.29, 0.717) is 11.5 Å². The number of carbonyl (C=O) groups is 1. The Morgan fingerprint density at radius 3 is 2.28 bits per heavy atom. The molecule has 18 heavy (non-hydrogen) atoms. The number of hydrogen-bond acceptors (Lipinski definition) is 2. The van der Waals surface area contributed by atoms with Crippen molar-refractivity contribution in [1.82, 2.24) is 0 Å². The molecule has 0 aliphatic heterocycles. The zero-order chi connectivity index (χ0) is 14.1. The van der Waals surface area contributed by atoms with Crippen LogP contribution in [0.3, 0.4) is 0 Å². The molecule has 2 nitrogen and oxygen atoms in total. The Labute approximate surface area is 115 Å². The summed E-state index contributed by atoms with van der Waals surface area (Å²) in [6.07, 6.45) is 4.40. The summed E-state index contributed by atoms with van der Waals surface area (Å²) in [5, 5.41) is 0.708. The largest absolute Gasteiger partial charge is 0.459 e. The van der Waals surface area contributed by atoms with Crippen molar-refractivity contribution in [3.05, 3.63) is 22.8 Å². The molecule has 0 aromatic heterocycles. The number of esters is 1. The van der Waals surface area contributed by atoms with Gasteiger partial charge in [0.15, 0.2) is 0 Å². The highest BCUT2D eigenvalue weighted by molar-refractivity contribution is 6.31. The van der Waals surface area contributed by atoms with Crippen LogP contribution in [0.4, 0.5) is 0 Å². The minimum atomic E-state index is -0.453. The van der Waals surface area contributed by atoms with Gasteiger partial charge in [0.25, 0.3) is 0 Å². The second-order valence-corrected chi connectivity index (χ2v) is 7.20. The molecule has 0 saturated heterocycles. The van der Waals surface area contributed by atoms with Crippen molar-refractivity contribution in [2.45, 2.75) is 53.6 Å². The van der Waals surface area contributed by atoms with Crippen LogP contribution in [0.2, 0.25) is 0 Å². The van der Waals surface area contributed by atoms with Crippen LogP contribution in [-0.2, 0) is 9.53 Å². The van der Waals surface area contributed by atoms with Gasteiger partial charge >= 0.3 is 5.97 Å². The van der Waals surface area contributed by atoms with Crippen LogP contribution in [0.15, 0.2) is 22.8 Å². The van der Waals surface area contributed by atoms with Gasteiger partial charge in [-0.15, -0.1) is 0 Å². The molecule has 0 saturated carbocycles.